The summed E-state index contributed by atoms with van der Waals surface area (Å²) in [6, 6.07) is 9.68. The Morgan fingerprint density at radius 3 is 2.52 bits per heavy atom. The summed E-state index contributed by atoms with van der Waals surface area (Å²) in [7, 11) is 0. The first-order valence-corrected chi connectivity index (χ1v) is 9.29. The maximum atomic E-state index is 12.1. The molecule has 0 spiro atoms. The third-order valence-corrected chi connectivity index (χ3v) is 4.55. The standard InChI is InChI=1S/C20H25NO3S/c1-5-23-18-11-8-16(13-19(18)24-6-2)15(4)21-20(22)12-10-17-9-7-14(3)25-17/h7-13,15H,5-6H2,1-4H3,(H,21,22)/b12-10+/t15-/m1/s1. The third kappa shape index (κ3) is 5.64. The second kappa shape index (κ2) is 9.28. The van der Waals surface area contributed by atoms with Gasteiger partial charge >= 0.3 is 0 Å². The van der Waals surface area contributed by atoms with E-state index in [9.17, 15) is 4.79 Å². The van der Waals surface area contributed by atoms with Crippen molar-refractivity contribution < 1.29 is 14.3 Å². The second-order valence-electron chi connectivity index (χ2n) is 5.58. The molecule has 1 N–H and O–H groups in total. The van der Waals surface area contributed by atoms with E-state index in [2.05, 4.69) is 5.32 Å². The van der Waals surface area contributed by atoms with Crippen LogP contribution in [0.5, 0.6) is 11.5 Å². The van der Waals surface area contributed by atoms with E-state index in [-0.39, 0.29) is 11.9 Å². The molecule has 0 bridgehead atoms. The molecule has 0 fully saturated rings. The Morgan fingerprint density at radius 2 is 1.88 bits per heavy atom. The molecule has 5 heteroatoms. The molecule has 1 heterocycles. The molecule has 0 aliphatic carbocycles. The molecule has 1 aromatic heterocycles. The molecular weight excluding hydrogens is 334 g/mol. The first kappa shape index (κ1) is 19.1. The lowest BCUT2D eigenvalue weighted by Gasteiger charge is -2.17. The molecule has 0 aliphatic heterocycles. The van der Waals surface area contributed by atoms with Crippen LogP contribution in [0.25, 0.3) is 6.08 Å². The predicted octanol–water partition coefficient (Wildman–Crippen LogP) is 4.74. The maximum absolute atomic E-state index is 12.1. The van der Waals surface area contributed by atoms with Gasteiger partial charge in [-0.2, -0.15) is 0 Å². The van der Waals surface area contributed by atoms with Crippen LogP contribution in [-0.2, 0) is 4.79 Å². The predicted molar refractivity (Wildman–Crippen MR) is 103 cm³/mol. The minimum Gasteiger partial charge on any atom is -0.490 e. The highest BCUT2D eigenvalue weighted by atomic mass is 32.1. The van der Waals surface area contributed by atoms with E-state index in [1.807, 2.05) is 64.1 Å². The highest BCUT2D eigenvalue weighted by molar-refractivity contribution is 7.12. The Balaban J connectivity index is 2.03. The van der Waals surface area contributed by atoms with E-state index in [0.29, 0.717) is 19.0 Å². The van der Waals surface area contributed by atoms with Crippen LogP contribution in [0.4, 0.5) is 0 Å². The van der Waals surface area contributed by atoms with Gasteiger partial charge < -0.3 is 14.8 Å². The normalized spacial score (nSPS) is 12.2. The Kier molecular flexibility index (Phi) is 7.07. The first-order chi connectivity index (χ1) is 12.0. The zero-order chi connectivity index (χ0) is 18.2. The molecule has 134 valence electrons. The van der Waals surface area contributed by atoms with Crippen molar-refractivity contribution in [3.05, 3.63) is 51.7 Å². The highest BCUT2D eigenvalue weighted by Gasteiger charge is 2.12. The van der Waals surface area contributed by atoms with E-state index in [0.717, 1.165) is 16.2 Å². The molecule has 25 heavy (non-hydrogen) atoms. The van der Waals surface area contributed by atoms with Crippen molar-refractivity contribution in [2.75, 3.05) is 13.2 Å². The van der Waals surface area contributed by atoms with Crippen molar-refractivity contribution in [1.82, 2.24) is 5.32 Å². The van der Waals surface area contributed by atoms with E-state index >= 15 is 0 Å². The van der Waals surface area contributed by atoms with Gasteiger partial charge in [0, 0.05) is 15.8 Å². The number of carbonyl (C=O) groups is 1. The highest BCUT2D eigenvalue weighted by Crippen LogP contribution is 2.30. The summed E-state index contributed by atoms with van der Waals surface area (Å²) in [5.74, 6) is 1.30. The van der Waals surface area contributed by atoms with Gasteiger partial charge in [0.05, 0.1) is 19.3 Å². The maximum Gasteiger partial charge on any atom is 0.244 e. The molecule has 0 unspecified atom stereocenters. The van der Waals surface area contributed by atoms with E-state index in [1.54, 1.807) is 17.4 Å². The molecule has 0 radical (unpaired) electrons. The Morgan fingerprint density at radius 1 is 1.16 bits per heavy atom. The molecule has 4 nitrogen and oxygen atoms in total. The first-order valence-electron chi connectivity index (χ1n) is 8.48. The SMILES string of the molecule is CCOc1ccc([C@@H](C)NC(=O)/C=C/c2ccc(C)s2)cc1OCC. The lowest BCUT2D eigenvalue weighted by molar-refractivity contribution is -0.117. The van der Waals surface area contributed by atoms with Gasteiger partial charge in [-0.3, -0.25) is 4.79 Å². The average Bonchev–Trinajstić information content (AvgIpc) is 3.00. The minimum atomic E-state index is -0.128. The number of nitrogens with one attached hydrogen (secondary N) is 1. The fraction of sp³-hybridized carbons (Fsp3) is 0.350. The Labute approximate surface area is 153 Å². The number of amides is 1. The van der Waals surface area contributed by atoms with Crippen LogP contribution < -0.4 is 14.8 Å². The number of carbonyl (C=O) groups excluding carboxylic acids is 1. The third-order valence-electron chi connectivity index (χ3n) is 3.59. The van der Waals surface area contributed by atoms with Crippen LogP contribution >= 0.6 is 11.3 Å². The van der Waals surface area contributed by atoms with Crippen LogP contribution in [0, 0.1) is 6.92 Å². The zero-order valence-electron chi connectivity index (χ0n) is 15.2. The molecule has 2 rings (SSSR count). The van der Waals surface area contributed by atoms with Crippen molar-refractivity contribution in [1.29, 1.82) is 0 Å². The topological polar surface area (TPSA) is 47.6 Å². The van der Waals surface area contributed by atoms with Gasteiger partial charge in [-0.25, -0.2) is 0 Å². The Hall–Kier alpha value is -2.27. The lowest BCUT2D eigenvalue weighted by atomic mass is 10.1. The zero-order valence-corrected chi connectivity index (χ0v) is 16.0. The lowest BCUT2D eigenvalue weighted by Crippen LogP contribution is -2.24. The van der Waals surface area contributed by atoms with Crippen molar-refractivity contribution in [2.45, 2.75) is 33.7 Å². The average molecular weight is 359 g/mol. The number of thiophene rings is 1. The molecular formula is C20H25NO3S. The van der Waals surface area contributed by atoms with E-state index in [4.69, 9.17) is 9.47 Å². The fourth-order valence-corrected chi connectivity index (χ4v) is 3.16. The van der Waals surface area contributed by atoms with Crippen LogP contribution in [0.3, 0.4) is 0 Å². The van der Waals surface area contributed by atoms with E-state index in [1.165, 1.54) is 4.88 Å². The smallest absolute Gasteiger partial charge is 0.244 e. The molecule has 0 saturated heterocycles. The van der Waals surface area contributed by atoms with Gasteiger partial charge in [-0.15, -0.1) is 11.3 Å². The summed E-state index contributed by atoms with van der Waals surface area (Å²) in [5, 5.41) is 2.98. The van der Waals surface area contributed by atoms with Gasteiger partial charge in [0.2, 0.25) is 5.91 Å². The van der Waals surface area contributed by atoms with Gasteiger partial charge in [0.25, 0.3) is 0 Å². The fourth-order valence-electron chi connectivity index (χ4n) is 2.38. The molecule has 0 aliphatic rings. The summed E-state index contributed by atoms with van der Waals surface area (Å²) in [6.07, 6.45) is 3.41. The van der Waals surface area contributed by atoms with Crippen molar-refractivity contribution in [3.8, 4) is 11.5 Å². The minimum absolute atomic E-state index is 0.120. The number of hydrogen-bond acceptors (Lipinski definition) is 4. The Bertz CT molecular complexity index is 736. The van der Waals surface area contributed by atoms with Crippen molar-refractivity contribution >= 4 is 23.3 Å². The van der Waals surface area contributed by atoms with Crippen molar-refractivity contribution in [2.24, 2.45) is 0 Å². The number of aryl methyl sites for hydroxylation is 1. The summed E-state index contributed by atoms with van der Waals surface area (Å²) in [5.41, 5.74) is 0.973. The van der Waals surface area contributed by atoms with Gasteiger partial charge in [0.15, 0.2) is 11.5 Å². The van der Waals surface area contributed by atoms with Crippen LogP contribution in [-0.4, -0.2) is 19.1 Å². The quantitative estimate of drug-likeness (QED) is 0.692. The van der Waals surface area contributed by atoms with Gasteiger partial charge in [0.1, 0.15) is 0 Å². The number of hydrogen-bond donors (Lipinski definition) is 1. The van der Waals surface area contributed by atoms with Gasteiger partial charge in [-0.1, -0.05) is 6.07 Å². The molecule has 1 atom stereocenters. The molecule has 2 aromatic rings. The molecule has 1 aromatic carbocycles. The molecule has 1 amide bonds. The largest absolute Gasteiger partial charge is 0.490 e. The summed E-state index contributed by atoms with van der Waals surface area (Å²) >= 11 is 1.66. The molecule has 0 saturated carbocycles. The summed E-state index contributed by atoms with van der Waals surface area (Å²) in [4.78, 5) is 14.4. The summed E-state index contributed by atoms with van der Waals surface area (Å²) in [6.45, 7) is 9.02. The van der Waals surface area contributed by atoms with Crippen molar-refractivity contribution in [3.63, 3.8) is 0 Å². The number of benzene rings is 1. The van der Waals surface area contributed by atoms with E-state index < -0.39 is 0 Å². The number of ether oxygens (including phenoxy) is 2. The van der Waals surface area contributed by atoms with Crippen LogP contribution in [0.2, 0.25) is 0 Å². The van der Waals surface area contributed by atoms with Crippen LogP contribution in [0.15, 0.2) is 36.4 Å². The second-order valence-corrected chi connectivity index (χ2v) is 6.90. The summed E-state index contributed by atoms with van der Waals surface area (Å²) < 4.78 is 11.2. The number of rotatable bonds is 8. The monoisotopic (exact) mass is 359 g/mol. The van der Waals surface area contributed by atoms with Crippen LogP contribution in [0.1, 0.15) is 42.1 Å². The van der Waals surface area contributed by atoms with Gasteiger partial charge in [-0.05, 0) is 63.6 Å².